The molecular weight excluding hydrogens is 444 g/mol. The highest BCUT2D eigenvalue weighted by atomic mass is 35.5. The third kappa shape index (κ3) is 4.64. The van der Waals surface area contributed by atoms with Crippen molar-refractivity contribution in [3.8, 4) is 11.3 Å². The summed E-state index contributed by atoms with van der Waals surface area (Å²) in [5, 5.41) is 0.992. The van der Waals surface area contributed by atoms with E-state index in [9.17, 15) is 8.42 Å². The summed E-state index contributed by atoms with van der Waals surface area (Å²) in [6.07, 6.45) is 11.9. The summed E-state index contributed by atoms with van der Waals surface area (Å²) in [6.45, 7) is 0. The summed E-state index contributed by atoms with van der Waals surface area (Å²) < 4.78 is 27.5. The largest absolute Gasteiger partial charge is 0.368 e. The minimum Gasteiger partial charge on any atom is -0.368 e. The van der Waals surface area contributed by atoms with E-state index in [0.29, 0.717) is 27.2 Å². The first-order chi connectivity index (χ1) is 15.5. The Morgan fingerprint density at radius 3 is 2.12 bits per heavy atom. The second-order valence-corrected chi connectivity index (χ2v) is 9.94. The molecule has 5 rings (SSSR count). The van der Waals surface area contributed by atoms with Gasteiger partial charge in [0.2, 0.25) is 5.95 Å². The number of rotatable bonds is 3. The maximum atomic E-state index is 13.1. The first kappa shape index (κ1) is 22.3. The number of nitrogens with zero attached hydrogens (tertiary/aromatic N) is 3. The van der Waals surface area contributed by atoms with Gasteiger partial charge in [-0.1, -0.05) is 86.5 Å². The fraction of sp³-hybridized carbons (Fsp3) is 0.250. The zero-order valence-corrected chi connectivity index (χ0v) is 19.2. The Bertz CT molecular complexity index is 1310. The van der Waals surface area contributed by atoms with Crippen LogP contribution in [-0.4, -0.2) is 22.4 Å². The average Bonchev–Trinajstić information content (AvgIpc) is 3.23. The van der Waals surface area contributed by atoms with Gasteiger partial charge in [-0.05, 0) is 18.2 Å². The van der Waals surface area contributed by atoms with Crippen molar-refractivity contribution in [3.05, 3.63) is 72.0 Å². The predicted octanol–water partition coefficient (Wildman–Crippen LogP) is 5.91. The van der Waals surface area contributed by atoms with E-state index < -0.39 is 10.0 Å². The van der Waals surface area contributed by atoms with Crippen LogP contribution >= 0.6 is 11.6 Å². The van der Waals surface area contributed by atoms with E-state index in [1.54, 1.807) is 42.5 Å². The molecule has 0 atom stereocenters. The Kier molecular flexibility index (Phi) is 6.77. The van der Waals surface area contributed by atoms with Gasteiger partial charge in [-0.2, -0.15) is 0 Å². The highest BCUT2D eigenvalue weighted by molar-refractivity contribution is 7.90. The van der Waals surface area contributed by atoms with Gasteiger partial charge in [-0.15, -0.1) is 0 Å². The number of para-hydroxylation sites is 1. The van der Waals surface area contributed by atoms with Gasteiger partial charge in [-0.3, -0.25) is 0 Å². The van der Waals surface area contributed by atoms with E-state index in [2.05, 4.69) is 9.97 Å². The van der Waals surface area contributed by atoms with E-state index in [1.165, 1.54) is 54.9 Å². The van der Waals surface area contributed by atoms with Gasteiger partial charge >= 0.3 is 0 Å². The van der Waals surface area contributed by atoms with Gasteiger partial charge in [-0.25, -0.2) is 22.4 Å². The molecule has 0 saturated heterocycles. The standard InChI is InChI=1S/C18H13ClN4O2S.C6H12/c19-15-10-21-18(20)22-17(15)14-11-23(16-9-5-4-8-13(14)16)26(24,25)12-6-2-1-3-7-12;1-2-4-6-5-3-1/h1-11H,(H2,20,21,22);1-6H2. The molecule has 0 radical (unpaired) electrons. The highest BCUT2D eigenvalue weighted by Crippen LogP contribution is 2.35. The highest BCUT2D eigenvalue weighted by Gasteiger charge is 2.23. The van der Waals surface area contributed by atoms with Crippen molar-refractivity contribution < 1.29 is 8.42 Å². The van der Waals surface area contributed by atoms with E-state index in [1.807, 2.05) is 12.1 Å². The molecule has 2 heterocycles. The zero-order valence-electron chi connectivity index (χ0n) is 17.6. The fourth-order valence-electron chi connectivity index (χ4n) is 3.87. The lowest BCUT2D eigenvalue weighted by Gasteiger charge is -2.07. The maximum absolute atomic E-state index is 13.1. The number of anilines is 1. The molecule has 2 N–H and O–H groups in total. The summed E-state index contributed by atoms with van der Waals surface area (Å²) in [6, 6.07) is 15.4. The van der Waals surface area contributed by atoms with E-state index in [-0.39, 0.29) is 10.8 Å². The molecule has 1 aliphatic carbocycles. The van der Waals surface area contributed by atoms with Gasteiger partial charge in [0.15, 0.2) is 0 Å². The molecule has 32 heavy (non-hydrogen) atoms. The van der Waals surface area contributed by atoms with Crippen LogP contribution in [-0.2, 0) is 10.0 Å². The van der Waals surface area contributed by atoms with Crippen LogP contribution in [0.3, 0.4) is 0 Å². The van der Waals surface area contributed by atoms with E-state index in [0.717, 1.165) is 0 Å². The minimum absolute atomic E-state index is 0.0622. The molecular formula is C24H25ClN4O2S. The molecule has 4 aromatic rings. The Labute approximate surface area is 193 Å². The second kappa shape index (κ2) is 9.71. The number of aromatic nitrogens is 3. The Hall–Kier alpha value is -2.90. The zero-order chi connectivity index (χ0) is 22.6. The molecule has 0 bridgehead atoms. The summed E-state index contributed by atoms with van der Waals surface area (Å²) in [4.78, 5) is 8.24. The van der Waals surface area contributed by atoms with Gasteiger partial charge in [0.25, 0.3) is 10.0 Å². The van der Waals surface area contributed by atoms with Crippen LogP contribution in [0.2, 0.25) is 5.02 Å². The third-order valence-electron chi connectivity index (χ3n) is 5.50. The van der Waals surface area contributed by atoms with Crippen LogP contribution in [0.1, 0.15) is 38.5 Å². The molecule has 0 spiro atoms. The number of hydrogen-bond acceptors (Lipinski definition) is 5. The molecule has 166 valence electrons. The van der Waals surface area contributed by atoms with Crippen molar-refractivity contribution >= 4 is 38.5 Å². The second-order valence-electron chi connectivity index (χ2n) is 7.72. The van der Waals surface area contributed by atoms with Crippen LogP contribution in [0.15, 0.2) is 71.9 Å². The number of nitrogens with two attached hydrogens (primary N) is 1. The first-order valence-corrected chi connectivity index (χ1v) is 12.5. The lowest BCUT2D eigenvalue weighted by Crippen LogP contribution is -2.11. The quantitative estimate of drug-likeness (QED) is 0.403. The smallest absolute Gasteiger partial charge is 0.268 e. The van der Waals surface area contributed by atoms with Gasteiger partial charge < -0.3 is 5.73 Å². The van der Waals surface area contributed by atoms with Crippen LogP contribution in [0.5, 0.6) is 0 Å². The average molecular weight is 469 g/mol. The summed E-state index contributed by atoms with van der Waals surface area (Å²) in [7, 11) is -3.78. The van der Waals surface area contributed by atoms with Crippen LogP contribution in [0.4, 0.5) is 5.95 Å². The Morgan fingerprint density at radius 2 is 1.47 bits per heavy atom. The van der Waals surface area contributed by atoms with Crippen molar-refractivity contribution in [3.63, 3.8) is 0 Å². The Balaban J connectivity index is 0.000000354. The van der Waals surface area contributed by atoms with Gasteiger partial charge in [0.05, 0.1) is 27.3 Å². The normalized spacial score (nSPS) is 14.0. The number of halogens is 1. The van der Waals surface area contributed by atoms with Crippen molar-refractivity contribution in [1.82, 2.24) is 13.9 Å². The van der Waals surface area contributed by atoms with Crippen LogP contribution < -0.4 is 5.73 Å². The van der Waals surface area contributed by atoms with Gasteiger partial charge in [0, 0.05) is 17.1 Å². The summed E-state index contributed by atoms with van der Waals surface area (Å²) in [5.74, 6) is 0.0622. The van der Waals surface area contributed by atoms with E-state index >= 15 is 0 Å². The number of hydrogen-bond donors (Lipinski definition) is 1. The predicted molar refractivity (Wildman–Crippen MR) is 129 cm³/mol. The molecule has 1 fully saturated rings. The molecule has 6 nitrogen and oxygen atoms in total. The lowest BCUT2D eigenvalue weighted by atomic mass is 10.0. The molecule has 2 aromatic carbocycles. The molecule has 1 saturated carbocycles. The Morgan fingerprint density at radius 1 is 0.875 bits per heavy atom. The number of nitrogen functional groups attached to an aromatic ring is 1. The van der Waals surface area contributed by atoms with Crippen molar-refractivity contribution in [2.75, 3.05) is 5.73 Å². The van der Waals surface area contributed by atoms with Crippen LogP contribution in [0.25, 0.3) is 22.2 Å². The third-order valence-corrected chi connectivity index (χ3v) is 7.46. The van der Waals surface area contributed by atoms with Gasteiger partial charge in [0.1, 0.15) is 0 Å². The number of benzene rings is 2. The van der Waals surface area contributed by atoms with E-state index in [4.69, 9.17) is 17.3 Å². The lowest BCUT2D eigenvalue weighted by molar-refractivity contribution is 0.504. The molecule has 8 heteroatoms. The molecule has 0 unspecified atom stereocenters. The van der Waals surface area contributed by atoms with Crippen molar-refractivity contribution in [2.45, 2.75) is 43.4 Å². The maximum Gasteiger partial charge on any atom is 0.268 e. The van der Waals surface area contributed by atoms with Crippen molar-refractivity contribution in [2.24, 2.45) is 0 Å². The topological polar surface area (TPSA) is 90.9 Å². The molecule has 2 aromatic heterocycles. The molecule has 0 amide bonds. The monoisotopic (exact) mass is 468 g/mol. The number of fused-ring (bicyclic) bond motifs is 1. The minimum atomic E-state index is -3.78. The fourth-order valence-corrected chi connectivity index (χ4v) is 5.46. The summed E-state index contributed by atoms with van der Waals surface area (Å²) >= 11 is 6.23. The first-order valence-electron chi connectivity index (χ1n) is 10.7. The molecule has 0 aliphatic heterocycles. The molecule has 1 aliphatic rings. The summed E-state index contributed by atoms with van der Waals surface area (Å²) in [5.41, 5.74) is 7.17. The SMILES string of the molecule is C1CCCCC1.Nc1ncc(Cl)c(-c2cn(S(=O)(=O)c3ccccc3)c3ccccc23)n1. The van der Waals surface area contributed by atoms with Crippen LogP contribution in [0, 0.1) is 0 Å². The van der Waals surface area contributed by atoms with Crippen molar-refractivity contribution in [1.29, 1.82) is 0 Å².